The van der Waals surface area contributed by atoms with Crippen LogP contribution in [0.2, 0.25) is 0 Å². The molecular formula is C18H20N4OS2. The summed E-state index contributed by atoms with van der Waals surface area (Å²) < 4.78 is 0. The largest absolute Gasteiger partial charge is 0.331 e. The SMILES string of the molecule is CCC(=O)Nc1nc(C)c(-c2csc(Nc3ccccc3CC)n2)s1. The van der Waals surface area contributed by atoms with Gasteiger partial charge in [0.05, 0.1) is 16.3 Å². The van der Waals surface area contributed by atoms with Gasteiger partial charge in [0, 0.05) is 17.5 Å². The van der Waals surface area contributed by atoms with E-state index in [2.05, 4.69) is 39.7 Å². The molecule has 7 heteroatoms. The number of anilines is 3. The van der Waals surface area contributed by atoms with E-state index in [1.807, 2.05) is 31.4 Å². The molecule has 0 bridgehead atoms. The molecule has 3 rings (SSSR count). The highest BCUT2D eigenvalue weighted by Crippen LogP contribution is 2.35. The van der Waals surface area contributed by atoms with Crippen molar-refractivity contribution in [2.75, 3.05) is 10.6 Å². The number of carbonyl (C=O) groups is 1. The molecule has 1 amide bonds. The highest BCUT2D eigenvalue weighted by Gasteiger charge is 2.14. The molecule has 2 N–H and O–H groups in total. The number of benzene rings is 1. The average molecular weight is 373 g/mol. The predicted molar refractivity (Wildman–Crippen MR) is 106 cm³/mol. The summed E-state index contributed by atoms with van der Waals surface area (Å²) in [4.78, 5) is 21.6. The minimum atomic E-state index is -0.0305. The maximum absolute atomic E-state index is 11.5. The fourth-order valence-corrected chi connectivity index (χ4v) is 4.13. The van der Waals surface area contributed by atoms with Crippen molar-refractivity contribution in [3.8, 4) is 10.6 Å². The van der Waals surface area contributed by atoms with E-state index in [1.165, 1.54) is 16.9 Å². The monoisotopic (exact) mass is 372 g/mol. The van der Waals surface area contributed by atoms with Gasteiger partial charge in [-0.25, -0.2) is 9.97 Å². The van der Waals surface area contributed by atoms with E-state index in [-0.39, 0.29) is 5.91 Å². The first-order valence-corrected chi connectivity index (χ1v) is 9.88. The van der Waals surface area contributed by atoms with Crippen LogP contribution in [0.3, 0.4) is 0 Å². The highest BCUT2D eigenvalue weighted by molar-refractivity contribution is 7.20. The number of hydrogen-bond acceptors (Lipinski definition) is 6. The predicted octanol–water partition coefficient (Wildman–Crippen LogP) is 5.23. The quantitative estimate of drug-likeness (QED) is 0.622. The summed E-state index contributed by atoms with van der Waals surface area (Å²) in [5, 5.41) is 9.71. The summed E-state index contributed by atoms with van der Waals surface area (Å²) in [7, 11) is 0. The minimum Gasteiger partial charge on any atom is -0.331 e. The standard InChI is InChI=1S/C18H20N4OS2/c1-4-12-8-6-7-9-13(12)20-17-21-14(10-24-17)16-11(3)19-18(25-16)22-15(23)5-2/h6-10H,4-5H2,1-3H3,(H,20,21)(H,19,22,23). The topological polar surface area (TPSA) is 66.9 Å². The third-order valence-corrected chi connectivity index (χ3v) is 5.59. The van der Waals surface area contributed by atoms with Gasteiger partial charge in [-0.3, -0.25) is 4.79 Å². The second kappa shape index (κ2) is 7.76. The van der Waals surface area contributed by atoms with Gasteiger partial charge in [-0.2, -0.15) is 0 Å². The van der Waals surface area contributed by atoms with E-state index in [9.17, 15) is 4.79 Å². The molecular weight excluding hydrogens is 352 g/mol. The smallest absolute Gasteiger partial charge is 0.225 e. The maximum atomic E-state index is 11.5. The van der Waals surface area contributed by atoms with Crippen LogP contribution in [0.5, 0.6) is 0 Å². The number of hydrogen-bond donors (Lipinski definition) is 2. The summed E-state index contributed by atoms with van der Waals surface area (Å²) in [5.41, 5.74) is 4.11. The lowest BCUT2D eigenvalue weighted by atomic mass is 10.1. The molecule has 5 nitrogen and oxygen atoms in total. The van der Waals surface area contributed by atoms with Gasteiger partial charge in [-0.15, -0.1) is 11.3 Å². The third-order valence-electron chi connectivity index (χ3n) is 3.74. The molecule has 2 heterocycles. The summed E-state index contributed by atoms with van der Waals surface area (Å²) in [6.45, 7) is 5.90. The Hall–Kier alpha value is -2.25. The van der Waals surface area contributed by atoms with Gasteiger partial charge in [-0.1, -0.05) is 43.4 Å². The number of aromatic nitrogens is 2. The van der Waals surface area contributed by atoms with Crippen LogP contribution < -0.4 is 10.6 Å². The van der Waals surface area contributed by atoms with E-state index in [4.69, 9.17) is 0 Å². The van der Waals surface area contributed by atoms with E-state index < -0.39 is 0 Å². The van der Waals surface area contributed by atoms with Gasteiger partial charge in [0.25, 0.3) is 0 Å². The van der Waals surface area contributed by atoms with Gasteiger partial charge < -0.3 is 10.6 Å². The number of nitrogens with zero attached hydrogens (tertiary/aromatic N) is 2. The normalized spacial score (nSPS) is 10.7. The number of thiazole rings is 2. The number of carbonyl (C=O) groups excluding carboxylic acids is 1. The van der Waals surface area contributed by atoms with Crippen molar-refractivity contribution in [3.05, 3.63) is 40.9 Å². The molecule has 25 heavy (non-hydrogen) atoms. The molecule has 3 aromatic rings. The fraction of sp³-hybridized carbons (Fsp3) is 0.278. The molecule has 0 unspecified atom stereocenters. The van der Waals surface area contributed by atoms with Crippen molar-refractivity contribution < 1.29 is 4.79 Å². The van der Waals surface area contributed by atoms with Gasteiger partial charge in [0.15, 0.2) is 10.3 Å². The van der Waals surface area contributed by atoms with Crippen molar-refractivity contribution in [2.24, 2.45) is 0 Å². The van der Waals surface area contributed by atoms with Gasteiger partial charge in [-0.05, 0) is 25.0 Å². The molecule has 2 aromatic heterocycles. The number of rotatable bonds is 6. The first-order chi connectivity index (χ1) is 12.1. The van der Waals surface area contributed by atoms with Crippen molar-refractivity contribution in [1.82, 2.24) is 9.97 Å². The maximum Gasteiger partial charge on any atom is 0.225 e. The Morgan fingerprint density at radius 3 is 2.72 bits per heavy atom. The second-order valence-corrected chi connectivity index (χ2v) is 7.37. The second-order valence-electron chi connectivity index (χ2n) is 5.51. The zero-order valence-electron chi connectivity index (χ0n) is 14.4. The molecule has 0 aliphatic carbocycles. The Morgan fingerprint density at radius 2 is 1.96 bits per heavy atom. The Kier molecular flexibility index (Phi) is 5.45. The van der Waals surface area contributed by atoms with E-state index >= 15 is 0 Å². The lowest BCUT2D eigenvalue weighted by molar-refractivity contribution is -0.115. The van der Waals surface area contributed by atoms with Crippen molar-refractivity contribution in [3.63, 3.8) is 0 Å². The molecule has 0 saturated heterocycles. The molecule has 0 atom stereocenters. The van der Waals surface area contributed by atoms with Crippen molar-refractivity contribution >= 4 is 44.5 Å². The van der Waals surface area contributed by atoms with E-state index in [0.717, 1.165) is 33.5 Å². The van der Waals surface area contributed by atoms with Crippen LogP contribution in [0, 0.1) is 6.92 Å². The number of aryl methyl sites for hydroxylation is 2. The van der Waals surface area contributed by atoms with E-state index in [0.29, 0.717) is 11.6 Å². The Bertz CT molecular complexity index is 885. The molecule has 130 valence electrons. The molecule has 0 fully saturated rings. The Balaban J connectivity index is 1.81. The number of nitrogens with one attached hydrogen (secondary N) is 2. The molecule has 0 aliphatic rings. The van der Waals surface area contributed by atoms with Crippen LogP contribution in [0.4, 0.5) is 16.0 Å². The lowest BCUT2D eigenvalue weighted by Crippen LogP contribution is -2.08. The first kappa shape index (κ1) is 17.6. The molecule has 1 aromatic carbocycles. The Labute approximate surface area is 155 Å². The number of para-hydroxylation sites is 1. The first-order valence-electron chi connectivity index (χ1n) is 8.18. The van der Waals surface area contributed by atoms with Gasteiger partial charge >= 0.3 is 0 Å². The van der Waals surface area contributed by atoms with Crippen LogP contribution in [-0.2, 0) is 11.2 Å². The summed E-state index contributed by atoms with van der Waals surface area (Å²) in [6.07, 6.45) is 1.41. The summed E-state index contributed by atoms with van der Waals surface area (Å²) >= 11 is 3.02. The van der Waals surface area contributed by atoms with Crippen LogP contribution in [0.1, 0.15) is 31.5 Å². The lowest BCUT2D eigenvalue weighted by Gasteiger charge is -2.07. The third kappa shape index (κ3) is 4.05. The minimum absolute atomic E-state index is 0.0305. The molecule has 0 saturated carbocycles. The van der Waals surface area contributed by atoms with Crippen molar-refractivity contribution in [2.45, 2.75) is 33.6 Å². The number of amides is 1. The van der Waals surface area contributed by atoms with Gasteiger partial charge in [0.1, 0.15) is 0 Å². The molecule has 0 spiro atoms. The summed E-state index contributed by atoms with van der Waals surface area (Å²) in [5.74, 6) is -0.0305. The van der Waals surface area contributed by atoms with Gasteiger partial charge in [0.2, 0.25) is 5.91 Å². The van der Waals surface area contributed by atoms with E-state index in [1.54, 1.807) is 11.3 Å². The zero-order chi connectivity index (χ0) is 17.8. The zero-order valence-corrected chi connectivity index (χ0v) is 16.1. The fourth-order valence-electron chi connectivity index (χ4n) is 2.40. The van der Waals surface area contributed by atoms with Crippen LogP contribution in [-0.4, -0.2) is 15.9 Å². The van der Waals surface area contributed by atoms with Crippen LogP contribution >= 0.6 is 22.7 Å². The highest BCUT2D eigenvalue weighted by atomic mass is 32.1. The molecule has 0 aliphatic heterocycles. The van der Waals surface area contributed by atoms with Crippen LogP contribution in [0.15, 0.2) is 29.6 Å². The molecule has 0 radical (unpaired) electrons. The van der Waals surface area contributed by atoms with Crippen molar-refractivity contribution in [1.29, 1.82) is 0 Å². The van der Waals surface area contributed by atoms with Crippen LogP contribution in [0.25, 0.3) is 10.6 Å². The average Bonchev–Trinajstić information content (AvgIpc) is 3.21. The Morgan fingerprint density at radius 1 is 1.16 bits per heavy atom. The summed E-state index contributed by atoms with van der Waals surface area (Å²) in [6, 6.07) is 8.25.